The van der Waals surface area contributed by atoms with Gasteiger partial charge in [0.1, 0.15) is 5.75 Å². The molecule has 3 aromatic rings. The molecule has 10 heteroatoms. The number of nitrogens with zero attached hydrogens (tertiary/aromatic N) is 4. The summed E-state index contributed by atoms with van der Waals surface area (Å²) in [4.78, 5) is 18.9. The van der Waals surface area contributed by atoms with E-state index < -0.39 is 10.0 Å². The third-order valence-corrected chi connectivity index (χ3v) is 9.14. The number of amides is 1. The Labute approximate surface area is 203 Å². The van der Waals surface area contributed by atoms with Crippen molar-refractivity contribution >= 4 is 21.6 Å². The number of sulfonamides is 1. The number of hydrogen-bond donors (Lipinski definition) is 0. The van der Waals surface area contributed by atoms with Gasteiger partial charge >= 0.3 is 0 Å². The quantitative estimate of drug-likeness (QED) is 0.536. The molecule has 0 spiro atoms. The third kappa shape index (κ3) is 3.90. The molecule has 35 heavy (non-hydrogen) atoms. The minimum absolute atomic E-state index is 0.139. The van der Waals surface area contributed by atoms with Crippen molar-refractivity contribution in [1.82, 2.24) is 14.4 Å². The first-order valence-corrected chi connectivity index (χ1v) is 13.3. The maximum absolute atomic E-state index is 13.6. The van der Waals surface area contributed by atoms with E-state index in [1.807, 2.05) is 24.3 Å². The molecule has 0 radical (unpaired) electrons. The normalized spacial score (nSPS) is 18.5. The molecule has 1 fully saturated rings. The molecule has 0 unspecified atom stereocenters. The van der Waals surface area contributed by atoms with E-state index in [9.17, 15) is 13.2 Å². The minimum Gasteiger partial charge on any atom is -0.482 e. The number of aromatic nitrogens is 2. The van der Waals surface area contributed by atoms with Gasteiger partial charge in [-0.3, -0.25) is 9.69 Å². The number of fused-ring (bicyclic) bond motifs is 2. The Kier molecular flexibility index (Phi) is 5.37. The van der Waals surface area contributed by atoms with Crippen LogP contribution in [0.25, 0.3) is 0 Å². The second kappa shape index (κ2) is 8.46. The molecule has 3 heterocycles. The van der Waals surface area contributed by atoms with E-state index in [4.69, 9.17) is 9.26 Å². The molecule has 0 saturated heterocycles. The average molecular weight is 495 g/mol. The zero-order chi connectivity index (χ0) is 24.2. The lowest BCUT2D eigenvalue weighted by molar-refractivity contribution is -0.121. The van der Waals surface area contributed by atoms with E-state index in [1.165, 1.54) is 20.8 Å². The Hall–Kier alpha value is -3.24. The van der Waals surface area contributed by atoms with Crippen molar-refractivity contribution in [3.8, 4) is 5.75 Å². The first-order chi connectivity index (χ1) is 16.9. The highest BCUT2D eigenvalue weighted by molar-refractivity contribution is 7.89. The topological polar surface area (TPSA) is 106 Å². The number of ether oxygens (including phenoxy) is 1. The number of anilines is 1. The van der Waals surface area contributed by atoms with Crippen LogP contribution in [0.5, 0.6) is 5.75 Å². The van der Waals surface area contributed by atoms with Crippen molar-refractivity contribution in [2.75, 3.05) is 18.1 Å². The molecule has 1 aromatic heterocycles. The van der Waals surface area contributed by atoms with Crippen LogP contribution in [0.2, 0.25) is 0 Å². The van der Waals surface area contributed by atoms with Gasteiger partial charge in [0.15, 0.2) is 12.4 Å². The van der Waals surface area contributed by atoms with E-state index >= 15 is 0 Å². The predicted molar refractivity (Wildman–Crippen MR) is 126 cm³/mol. The largest absolute Gasteiger partial charge is 0.482 e. The summed E-state index contributed by atoms with van der Waals surface area (Å²) in [6.45, 7) is 2.45. The summed E-state index contributed by atoms with van der Waals surface area (Å²) in [6.07, 6.45) is 3.91. The maximum Gasteiger partial charge on any atom is 0.265 e. The Morgan fingerprint density at radius 3 is 2.71 bits per heavy atom. The van der Waals surface area contributed by atoms with Gasteiger partial charge in [0.25, 0.3) is 5.91 Å². The molecule has 3 aliphatic rings. The highest BCUT2D eigenvalue weighted by atomic mass is 32.2. The van der Waals surface area contributed by atoms with Gasteiger partial charge in [-0.2, -0.15) is 9.29 Å². The second-order valence-corrected chi connectivity index (χ2v) is 11.3. The highest BCUT2D eigenvalue weighted by Crippen LogP contribution is 2.39. The van der Waals surface area contributed by atoms with Gasteiger partial charge in [0.05, 0.1) is 17.1 Å². The van der Waals surface area contributed by atoms with Crippen molar-refractivity contribution in [3.63, 3.8) is 0 Å². The fourth-order valence-corrected chi connectivity index (χ4v) is 6.53. The van der Waals surface area contributed by atoms with Gasteiger partial charge in [0, 0.05) is 25.1 Å². The number of carbonyl (C=O) groups is 1. The van der Waals surface area contributed by atoms with Crippen LogP contribution in [0.15, 0.2) is 45.8 Å². The van der Waals surface area contributed by atoms with Crippen molar-refractivity contribution in [1.29, 1.82) is 0 Å². The van der Waals surface area contributed by atoms with Crippen LogP contribution in [0.3, 0.4) is 0 Å². The predicted octanol–water partition coefficient (Wildman–Crippen LogP) is 3.32. The molecule has 1 saturated carbocycles. The summed E-state index contributed by atoms with van der Waals surface area (Å²) in [7, 11) is -3.75. The minimum atomic E-state index is -3.75. The molecule has 1 aliphatic carbocycles. The number of benzene rings is 2. The maximum atomic E-state index is 13.6. The monoisotopic (exact) mass is 494 g/mol. The lowest BCUT2D eigenvalue weighted by atomic mass is 9.85. The van der Waals surface area contributed by atoms with Crippen LogP contribution in [0.1, 0.15) is 53.6 Å². The van der Waals surface area contributed by atoms with Gasteiger partial charge < -0.3 is 9.26 Å². The van der Waals surface area contributed by atoms with Crippen molar-refractivity contribution in [3.05, 3.63) is 64.8 Å². The molecule has 182 valence electrons. The van der Waals surface area contributed by atoms with Crippen molar-refractivity contribution < 1.29 is 22.5 Å². The summed E-state index contributed by atoms with van der Waals surface area (Å²) in [5.74, 6) is 1.46. The first kappa shape index (κ1) is 22.2. The summed E-state index contributed by atoms with van der Waals surface area (Å²) in [5.41, 5.74) is 3.26. The molecule has 0 bridgehead atoms. The molecule has 2 aliphatic heterocycles. The van der Waals surface area contributed by atoms with Crippen LogP contribution < -0.4 is 9.64 Å². The van der Waals surface area contributed by atoms with Gasteiger partial charge in [-0.05, 0) is 48.9 Å². The van der Waals surface area contributed by atoms with Crippen LogP contribution in [-0.4, -0.2) is 41.9 Å². The van der Waals surface area contributed by atoms with Gasteiger partial charge in [-0.15, -0.1) is 0 Å². The second-order valence-electron chi connectivity index (χ2n) is 9.39. The van der Waals surface area contributed by atoms with Crippen LogP contribution in [0, 0.1) is 6.92 Å². The Morgan fingerprint density at radius 1 is 1.14 bits per heavy atom. The van der Waals surface area contributed by atoms with E-state index in [-0.39, 0.29) is 24.0 Å². The smallest absolute Gasteiger partial charge is 0.265 e. The summed E-state index contributed by atoms with van der Waals surface area (Å²) >= 11 is 0. The molecular weight excluding hydrogens is 468 g/mol. The molecule has 0 atom stereocenters. The number of hydrogen-bond acceptors (Lipinski definition) is 7. The van der Waals surface area contributed by atoms with E-state index in [2.05, 4.69) is 10.1 Å². The SMILES string of the molecule is Cc1cc2c(cc1S(=O)(=O)N1CCc3ccccc3C1)OCC(=O)N2Cc1noc(C2CCC2)n1. The van der Waals surface area contributed by atoms with Gasteiger partial charge in [-0.25, -0.2) is 8.42 Å². The molecule has 6 rings (SSSR count). The van der Waals surface area contributed by atoms with Crippen LogP contribution >= 0.6 is 0 Å². The standard InChI is InChI=1S/C25H26N4O5S/c1-16-11-20-21(12-22(16)35(31,32)28-10-9-17-5-2-3-6-19(17)13-28)33-15-24(30)29(20)14-23-26-25(34-27-23)18-7-4-8-18/h2-3,5-6,11-12,18H,4,7-10,13-15H2,1H3. The Morgan fingerprint density at radius 2 is 1.94 bits per heavy atom. The Bertz CT molecular complexity index is 1410. The zero-order valence-corrected chi connectivity index (χ0v) is 20.3. The average Bonchev–Trinajstić information content (AvgIpc) is 3.27. The van der Waals surface area contributed by atoms with E-state index in [0.717, 1.165) is 24.8 Å². The van der Waals surface area contributed by atoms with Crippen LogP contribution in [-0.2, 0) is 34.3 Å². The van der Waals surface area contributed by atoms with E-state index in [0.29, 0.717) is 54.1 Å². The molecule has 9 nitrogen and oxygen atoms in total. The number of aryl methyl sites for hydroxylation is 1. The van der Waals surface area contributed by atoms with Gasteiger partial charge in [-0.1, -0.05) is 35.8 Å². The third-order valence-electron chi connectivity index (χ3n) is 7.15. The fraction of sp³-hybridized carbons (Fsp3) is 0.400. The fourth-order valence-electron chi connectivity index (χ4n) is 4.89. The number of rotatable bonds is 5. The zero-order valence-electron chi connectivity index (χ0n) is 19.4. The summed E-state index contributed by atoms with van der Waals surface area (Å²) < 4.78 is 39.8. The van der Waals surface area contributed by atoms with Crippen molar-refractivity contribution in [2.45, 2.75) is 56.5 Å². The lowest BCUT2D eigenvalue weighted by Gasteiger charge is -2.31. The Balaban J connectivity index is 1.29. The summed E-state index contributed by atoms with van der Waals surface area (Å²) in [5, 5.41) is 4.06. The van der Waals surface area contributed by atoms with Crippen molar-refractivity contribution in [2.24, 2.45) is 0 Å². The highest BCUT2D eigenvalue weighted by Gasteiger charge is 2.34. The van der Waals surface area contributed by atoms with E-state index in [1.54, 1.807) is 13.0 Å². The molecular formula is C25H26N4O5S. The summed E-state index contributed by atoms with van der Waals surface area (Å²) in [6, 6.07) is 11.2. The number of carbonyl (C=O) groups excluding carboxylic acids is 1. The molecule has 0 N–H and O–H groups in total. The molecule has 2 aromatic carbocycles. The lowest BCUT2D eigenvalue weighted by Crippen LogP contribution is -2.39. The first-order valence-electron chi connectivity index (χ1n) is 11.9. The van der Waals surface area contributed by atoms with Crippen LogP contribution in [0.4, 0.5) is 5.69 Å². The van der Waals surface area contributed by atoms with Gasteiger partial charge in [0.2, 0.25) is 15.9 Å². The molecule has 1 amide bonds.